The summed E-state index contributed by atoms with van der Waals surface area (Å²) in [5, 5.41) is 22.8. The van der Waals surface area contributed by atoms with Gasteiger partial charge in [0.2, 0.25) is 0 Å². The van der Waals surface area contributed by atoms with E-state index in [9.17, 15) is 9.90 Å². The minimum atomic E-state index is -0.910. The Kier molecular flexibility index (Phi) is 5.51. The van der Waals surface area contributed by atoms with Gasteiger partial charge in [-0.2, -0.15) is 0 Å². The summed E-state index contributed by atoms with van der Waals surface area (Å²) in [4.78, 5) is 11.0. The fourth-order valence-electron chi connectivity index (χ4n) is 3.94. The van der Waals surface area contributed by atoms with E-state index in [-0.39, 0.29) is 18.1 Å². The van der Waals surface area contributed by atoms with Crippen LogP contribution in [0, 0.1) is 5.41 Å². The molecule has 1 aliphatic carbocycles. The lowest BCUT2D eigenvalue weighted by Crippen LogP contribution is -2.39. The summed E-state index contributed by atoms with van der Waals surface area (Å²) >= 11 is 0. The number of carboxylic acid groups (broad SMARTS) is 1. The van der Waals surface area contributed by atoms with Crippen molar-refractivity contribution < 1.29 is 15.0 Å². The second-order valence-corrected chi connectivity index (χ2v) is 6.95. The van der Waals surface area contributed by atoms with Gasteiger partial charge in [0, 0.05) is 18.0 Å². The van der Waals surface area contributed by atoms with Crippen LogP contribution >= 0.6 is 0 Å². The van der Waals surface area contributed by atoms with Crippen LogP contribution in [0.15, 0.2) is 54.6 Å². The van der Waals surface area contributed by atoms with Crippen molar-refractivity contribution in [2.75, 3.05) is 6.61 Å². The van der Waals surface area contributed by atoms with Gasteiger partial charge in [0.1, 0.15) is 0 Å². The molecule has 0 saturated heterocycles. The lowest BCUT2D eigenvalue weighted by atomic mass is 9.76. The Morgan fingerprint density at radius 3 is 2.24 bits per heavy atom. The molecule has 0 bridgehead atoms. The number of rotatable bonds is 7. The summed E-state index contributed by atoms with van der Waals surface area (Å²) in [6.07, 6.45) is 4.35. The highest BCUT2D eigenvalue weighted by molar-refractivity contribution is 5.87. The van der Waals surface area contributed by atoms with Crippen molar-refractivity contribution in [1.82, 2.24) is 5.32 Å². The van der Waals surface area contributed by atoms with Crippen molar-refractivity contribution in [2.24, 2.45) is 5.41 Å². The molecule has 0 heterocycles. The van der Waals surface area contributed by atoms with Crippen LogP contribution in [0.1, 0.15) is 53.2 Å². The van der Waals surface area contributed by atoms with Gasteiger partial charge in [-0.3, -0.25) is 0 Å². The van der Waals surface area contributed by atoms with E-state index in [1.165, 1.54) is 5.56 Å². The maximum absolute atomic E-state index is 11.0. The van der Waals surface area contributed by atoms with E-state index in [0.29, 0.717) is 12.1 Å². The first kappa shape index (κ1) is 17.6. The first-order valence-corrected chi connectivity index (χ1v) is 8.86. The van der Waals surface area contributed by atoms with Crippen molar-refractivity contribution in [2.45, 2.75) is 38.3 Å². The van der Waals surface area contributed by atoms with E-state index in [0.717, 1.165) is 31.2 Å². The molecule has 1 unspecified atom stereocenters. The van der Waals surface area contributed by atoms with Gasteiger partial charge < -0.3 is 15.5 Å². The molecule has 1 aliphatic rings. The first-order valence-electron chi connectivity index (χ1n) is 8.86. The minimum Gasteiger partial charge on any atom is -0.478 e. The maximum atomic E-state index is 11.0. The second kappa shape index (κ2) is 7.81. The fraction of sp³-hybridized carbons (Fsp3) is 0.381. The predicted octanol–water partition coefficient (Wildman–Crippen LogP) is 3.77. The first-order chi connectivity index (χ1) is 12.1. The quantitative estimate of drug-likeness (QED) is 0.718. The SMILES string of the molecule is O=C(O)c1ccc(CNC(c2ccccc2)C2(CO)CCCC2)cc1. The van der Waals surface area contributed by atoms with Gasteiger partial charge in [-0.15, -0.1) is 0 Å². The van der Waals surface area contributed by atoms with Crippen molar-refractivity contribution in [3.05, 3.63) is 71.3 Å². The average molecular weight is 339 g/mol. The third-order valence-electron chi connectivity index (χ3n) is 5.37. The van der Waals surface area contributed by atoms with Gasteiger partial charge in [0.05, 0.1) is 12.2 Å². The lowest BCUT2D eigenvalue weighted by molar-refractivity contribution is 0.0697. The van der Waals surface area contributed by atoms with Gasteiger partial charge >= 0.3 is 5.97 Å². The Morgan fingerprint density at radius 1 is 1.04 bits per heavy atom. The summed E-state index contributed by atoms with van der Waals surface area (Å²) in [7, 11) is 0. The zero-order valence-electron chi connectivity index (χ0n) is 14.3. The van der Waals surface area contributed by atoms with Crippen LogP contribution in [0.4, 0.5) is 0 Å². The van der Waals surface area contributed by atoms with E-state index in [2.05, 4.69) is 17.4 Å². The number of nitrogens with one attached hydrogen (secondary N) is 1. The fourth-order valence-corrected chi connectivity index (χ4v) is 3.94. The van der Waals surface area contributed by atoms with Crippen LogP contribution in [0.25, 0.3) is 0 Å². The molecular weight excluding hydrogens is 314 g/mol. The van der Waals surface area contributed by atoms with Crippen LogP contribution in [0.2, 0.25) is 0 Å². The number of aliphatic hydroxyl groups is 1. The summed E-state index contributed by atoms with van der Waals surface area (Å²) < 4.78 is 0. The number of carboxylic acids is 1. The summed E-state index contributed by atoms with van der Waals surface area (Å²) in [6.45, 7) is 0.818. The lowest BCUT2D eigenvalue weighted by Gasteiger charge is -2.37. The number of aromatic carboxylic acids is 1. The highest BCUT2D eigenvalue weighted by atomic mass is 16.4. The summed E-state index contributed by atoms with van der Waals surface area (Å²) in [6, 6.07) is 17.3. The van der Waals surface area contributed by atoms with Crippen LogP contribution in [-0.2, 0) is 6.54 Å². The molecule has 2 aromatic rings. The maximum Gasteiger partial charge on any atom is 0.335 e. The summed E-state index contributed by atoms with van der Waals surface area (Å²) in [5.41, 5.74) is 2.41. The monoisotopic (exact) mass is 339 g/mol. The zero-order chi connectivity index (χ0) is 17.7. The normalized spacial score (nSPS) is 17.3. The van der Waals surface area contributed by atoms with E-state index < -0.39 is 5.97 Å². The molecule has 0 spiro atoms. The largest absolute Gasteiger partial charge is 0.478 e. The number of aliphatic hydroxyl groups excluding tert-OH is 1. The molecule has 1 atom stereocenters. The van der Waals surface area contributed by atoms with Gasteiger partial charge in [-0.1, -0.05) is 55.3 Å². The minimum absolute atomic E-state index is 0.0837. The number of benzene rings is 2. The summed E-state index contributed by atoms with van der Waals surface area (Å²) in [5.74, 6) is -0.910. The van der Waals surface area contributed by atoms with Crippen molar-refractivity contribution in [3.8, 4) is 0 Å². The van der Waals surface area contributed by atoms with E-state index in [4.69, 9.17) is 5.11 Å². The highest BCUT2D eigenvalue weighted by Gasteiger charge is 2.41. The van der Waals surface area contributed by atoms with Crippen LogP contribution < -0.4 is 5.32 Å². The van der Waals surface area contributed by atoms with Gasteiger partial charge in [0.25, 0.3) is 0 Å². The molecule has 2 aromatic carbocycles. The number of hydrogen-bond donors (Lipinski definition) is 3. The zero-order valence-corrected chi connectivity index (χ0v) is 14.3. The Morgan fingerprint density at radius 2 is 1.68 bits per heavy atom. The number of hydrogen-bond acceptors (Lipinski definition) is 3. The average Bonchev–Trinajstić information content (AvgIpc) is 3.13. The highest BCUT2D eigenvalue weighted by Crippen LogP contribution is 2.47. The molecule has 4 heteroatoms. The molecule has 0 aliphatic heterocycles. The number of carbonyl (C=O) groups is 1. The van der Waals surface area contributed by atoms with E-state index in [1.54, 1.807) is 12.1 Å². The van der Waals surface area contributed by atoms with Crippen molar-refractivity contribution in [3.63, 3.8) is 0 Å². The van der Waals surface area contributed by atoms with Gasteiger partial charge in [0.15, 0.2) is 0 Å². The van der Waals surface area contributed by atoms with Gasteiger partial charge in [-0.05, 0) is 36.1 Å². The van der Waals surface area contributed by atoms with Crippen molar-refractivity contribution >= 4 is 5.97 Å². The Labute approximate surface area is 148 Å². The smallest absolute Gasteiger partial charge is 0.335 e. The second-order valence-electron chi connectivity index (χ2n) is 6.95. The van der Waals surface area contributed by atoms with Crippen LogP contribution in [0.3, 0.4) is 0 Å². The Hall–Kier alpha value is -2.17. The molecule has 3 N–H and O–H groups in total. The van der Waals surface area contributed by atoms with Crippen LogP contribution in [0.5, 0.6) is 0 Å². The molecule has 1 saturated carbocycles. The molecule has 25 heavy (non-hydrogen) atoms. The van der Waals surface area contributed by atoms with E-state index in [1.807, 2.05) is 30.3 Å². The third-order valence-corrected chi connectivity index (χ3v) is 5.37. The molecule has 0 aromatic heterocycles. The standard InChI is InChI=1S/C21H25NO3/c23-15-21(12-4-5-13-21)19(17-6-2-1-3-7-17)22-14-16-8-10-18(11-9-16)20(24)25/h1-3,6-11,19,22-23H,4-5,12-15H2,(H,24,25). The molecule has 1 fully saturated rings. The molecule has 3 rings (SSSR count). The molecule has 132 valence electrons. The third kappa shape index (κ3) is 3.91. The predicted molar refractivity (Wildman–Crippen MR) is 97.4 cm³/mol. The van der Waals surface area contributed by atoms with Crippen LogP contribution in [-0.4, -0.2) is 22.8 Å². The molecule has 0 radical (unpaired) electrons. The Bertz CT molecular complexity index is 691. The van der Waals surface area contributed by atoms with Crippen molar-refractivity contribution in [1.29, 1.82) is 0 Å². The molecular formula is C21H25NO3. The molecule has 4 nitrogen and oxygen atoms in total. The van der Waals surface area contributed by atoms with Gasteiger partial charge in [-0.25, -0.2) is 4.79 Å². The Balaban J connectivity index is 1.79. The molecule has 0 amide bonds. The van der Waals surface area contributed by atoms with E-state index >= 15 is 0 Å². The topological polar surface area (TPSA) is 69.6 Å².